The molecule has 19 rings (SSSR count). The summed E-state index contributed by atoms with van der Waals surface area (Å²) < 4.78 is 9.63. The monoisotopic (exact) mass is 1170 g/mol. The fourth-order valence-corrected chi connectivity index (χ4v) is 14.8. The Balaban J connectivity index is 0.864. The van der Waals surface area contributed by atoms with Crippen molar-refractivity contribution < 1.29 is 0 Å². The Hall–Kier alpha value is -12.6. The van der Waals surface area contributed by atoms with Crippen molar-refractivity contribution in [2.24, 2.45) is 0 Å². The van der Waals surface area contributed by atoms with E-state index in [0.717, 1.165) is 138 Å². The van der Waals surface area contributed by atoms with Crippen LogP contribution in [0.5, 0.6) is 0 Å². The number of para-hydroxylation sites is 6. The molecule has 0 aliphatic carbocycles. The van der Waals surface area contributed by atoms with Gasteiger partial charge in [-0.1, -0.05) is 194 Å². The number of benzene rings is 14. The lowest BCUT2D eigenvalue weighted by Gasteiger charge is -2.17. The van der Waals surface area contributed by atoms with Gasteiger partial charge < -0.3 is 18.3 Å². The first-order chi connectivity index (χ1) is 45.6. The molecule has 5 aromatic heterocycles. The summed E-state index contributed by atoms with van der Waals surface area (Å²) >= 11 is 0. The van der Waals surface area contributed by atoms with Gasteiger partial charge in [-0.25, -0.2) is 14.8 Å². The van der Waals surface area contributed by atoms with Gasteiger partial charge in [0, 0.05) is 76.8 Å². The van der Waals surface area contributed by atoms with E-state index in [4.69, 9.17) is 16.5 Å². The molecule has 0 amide bonds. The molecule has 0 unspecified atom stereocenters. The third kappa shape index (κ3) is 7.88. The van der Waals surface area contributed by atoms with Crippen molar-refractivity contribution in [3.8, 4) is 67.6 Å². The normalized spacial score (nSPS) is 11.9. The van der Waals surface area contributed by atoms with Crippen molar-refractivity contribution in [2.75, 3.05) is 0 Å². The molecule has 19 aromatic rings. The van der Waals surface area contributed by atoms with Crippen LogP contribution in [0.4, 0.5) is 5.69 Å². The molecule has 0 atom stereocenters. The minimum atomic E-state index is 0.550. The van der Waals surface area contributed by atoms with Gasteiger partial charge in [0.05, 0.1) is 61.9 Å². The molecular weight excluding hydrogens is 1120 g/mol. The molecule has 0 aliphatic rings. The Kier molecular flexibility index (Phi) is 11.3. The average molecular weight is 1170 g/mol. The maximum absolute atomic E-state index is 8.08. The van der Waals surface area contributed by atoms with Crippen LogP contribution >= 0.6 is 0 Å². The zero-order chi connectivity index (χ0) is 60.5. The molecule has 0 bridgehead atoms. The highest BCUT2D eigenvalue weighted by Crippen LogP contribution is 2.44. The minimum absolute atomic E-state index is 0.550. The van der Waals surface area contributed by atoms with Crippen LogP contribution in [0.25, 0.3) is 181 Å². The molecule has 0 saturated carbocycles. The van der Waals surface area contributed by atoms with E-state index in [9.17, 15) is 0 Å². The van der Waals surface area contributed by atoms with E-state index in [1.165, 1.54) is 32.6 Å². The lowest BCUT2D eigenvalue weighted by Crippen LogP contribution is -2.02. The van der Waals surface area contributed by atoms with E-state index in [1.807, 2.05) is 18.2 Å². The molecule has 5 heterocycles. The number of rotatable bonds is 8. The van der Waals surface area contributed by atoms with Gasteiger partial charge in [-0.2, -0.15) is 0 Å². The molecule has 426 valence electrons. The van der Waals surface area contributed by atoms with Gasteiger partial charge in [0.1, 0.15) is 0 Å². The molecule has 7 nitrogen and oxygen atoms in total. The number of hydrogen-bond acceptors (Lipinski definition) is 2. The second-order valence-electron chi connectivity index (χ2n) is 24.0. The first-order valence-electron chi connectivity index (χ1n) is 31.1. The van der Waals surface area contributed by atoms with Crippen LogP contribution in [0.3, 0.4) is 0 Å². The standard InChI is InChI=1S/C85H51N7/c1-86-60-21-18-20-58(45-60)84-83-65-26-9-8-19-53(65)37-42-74(83)87-85(88-84)59-46-63(91-75-31-14-10-27-66(75)70-40-35-56(50-81(70)91)54-38-43-79-72(48-54)68-29-12-16-33-77(68)89(79)61-22-4-2-5-23-61)52-64(47-59)92-76-32-15-11-28-67(76)71-41-36-57(51-82(71)92)55-39-44-80-73(49-55)69-30-13-17-34-78(69)90(80)62-24-6-3-7-25-62/h2-52H. The van der Waals surface area contributed by atoms with Crippen LogP contribution in [-0.4, -0.2) is 28.2 Å². The van der Waals surface area contributed by atoms with Gasteiger partial charge in [-0.15, -0.1) is 0 Å². The average Bonchev–Trinajstić information content (AvgIpc) is 1.39. The lowest BCUT2D eigenvalue weighted by atomic mass is 9.99. The quantitative estimate of drug-likeness (QED) is 0.112. The molecule has 0 radical (unpaired) electrons. The molecule has 0 spiro atoms. The van der Waals surface area contributed by atoms with E-state index in [1.54, 1.807) is 0 Å². The Morgan fingerprint density at radius 2 is 0.674 bits per heavy atom. The zero-order valence-corrected chi connectivity index (χ0v) is 49.6. The predicted molar refractivity (Wildman–Crippen MR) is 382 cm³/mol. The maximum Gasteiger partial charge on any atom is 0.187 e. The third-order valence-corrected chi connectivity index (χ3v) is 18.9. The van der Waals surface area contributed by atoms with Crippen LogP contribution < -0.4 is 0 Å². The number of hydrogen-bond donors (Lipinski definition) is 0. The lowest BCUT2D eigenvalue weighted by molar-refractivity contribution is 1.13. The summed E-state index contributed by atoms with van der Waals surface area (Å²) in [6, 6.07) is 112. The largest absolute Gasteiger partial charge is 0.309 e. The van der Waals surface area contributed by atoms with Crippen LogP contribution in [0, 0.1) is 6.57 Å². The fourth-order valence-electron chi connectivity index (χ4n) is 14.8. The Bertz CT molecular complexity index is 6040. The Morgan fingerprint density at radius 3 is 1.20 bits per heavy atom. The summed E-state index contributed by atoms with van der Waals surface area (Å²) in [5.74, 6) is 0.577. The molecule has 7 heteroatoms. The van der Waals surface area contributed by atoms with Gasteiger partial charge in [-0.3, -0.25) is 0 Å². The SMILES string of the molecule is [C-]#[N+]c1cccc(-c2nc(-c3cc(-n4c5ccccc5c5ccc(-c6ccc7c(c6)c6ccccc6n7-c6ccccc6)cc54)cc(-n4c5ccccc5c5ccc(-c6ccc7c(c6)c6ccccc6n7-c6ccccc6)cc54)c3)nc3ccc4ccccc4c23)c1. The van der Waals surface area contributed by atoms with Gasteiger partial charge >= 0.3 is 0 Å². The molecular formula is C85H51N7. The second-order valence-corrected chi connectivity index (χ2v) is 24.0. The molecule has 0 N–H and O–H groups in total. The summed E-state index contributed by atoms with van der Waals surface area (Å²) in [7, 11) is 0. The molecule has 0 saturated heterocycles. The molecule has 14 aromatic carbocycles. The van der Waals surface area contributed by atoms with Crippen LogP contribution in [-0.2, 0) is 0 Å². The van der Waals surface area contributed by atoms with Crippen LogP contribution in [0.1, 0.15) is 0 Å². The summed E-state index contributed by atoms with van der Waals surface area (Å²) in [4.78, 5) is 15.1. The van der Waals surface area contributed by atoms with Crippen molar-refractivity contribution in [3.63, 3.8) is 0 Å². The summed E-state index contributed by atoms with van der Waals surface area (Å²) in [6.07, 6.45) is 0. The smallest absolute Gasteiger partial charge is 0.187 e. The van der Waals surface area contributed by atoms with E-state index in [0.29, 0.717) is 11.5 Å². The highest BCUT2D eigenvalue weighted by Gasteiger charge is 2.23. The molecule has 92 heavy (non-hydrogen) atoms. The fraction of sp³-hybridized carbons (Fsp3) is 0. The first kappa shape index (κ1) is 51.4. The van der Waals surface area contributed by atoms with Gasteiger partial charge in [0.2, 0.25) is 0 Å². The molecule has 0 fully saturated rings. The van der Waals surface area contributed by atoms with E-state index >= 15 is 0 Å². The Morgan fingerprint density at radius 1 is 0.250 bits per heavy atom. The van der Waals surface area contributed by atoms with Crippen molar-refractivity contribution in [1.82, 2.24) is 28.2 Å². The van der Waals surface area contributed by atoms with Crippen molar-refractivity contribution in [3.05, 3.63) is 321 Å². The second kappa shape index (κ2) is 20.2. The number of nitrogens with zero attached hydrogens (tertiary/aromatic N) is 7. The van der Waals surface area contributed by atoms with Crippen LogP contribution in [0.2, 0.25) is 0 Å². The maximum atomic E-state index is 8.08. The Labute approximate surface area is 528 Å². The van der Waals surface area contributed by atoms with Gasteiger partial charge in [0.25, 0.3) is 0 Å². The third-order valence-electron chi connectivity index (χ3n) is 18.9. The number of aromatic nitrogens is 6. The summed E-state index contributed by atoms with van der Waals surface area (Å²) in [5, 5.41) is 12.5. The van der Waals surface area contributed by atoms with Gasteiger partial charge in [-0.05, 0) is 154 Å². The van der Waals surface area contributed by atoms with Gasteiger partial charge in [0.15, 0.2) is 11.5 Å². The number of fused-ring (bicyclic) bond motifs is 15. The summed E-state index contributed by atoms with van der Waals surface area (Å²) in [6.45, 7) is 8.08. The van der Waals surface area contributed by atoms with E-state index in [-0.39, 0.29) is 0 Å². The highest BCUT2D eigenvalue weighted by molar-refractivity contribution is 6.16. The topological polar surface area (TPSA) is 49.9 Å². The van der Waals surface area contributed by atoms with Crippen molar-refractivity contribution >= 4 is 115 Å². The predicted octanol–water partition coefficient (Wildman–Crippen LogP) is 22.4. The van der Waals surface area contributed by atoms with Crippen molar-refractivity contribution in [1.29, 1.82) is 0 Å². The zero-order valence-electron chi connectivity index (χ0n) is 49.6. The van der Waals surface area contributed by atoms with E-state index < -0.39 is 0 Å². The summed E-state index contributed by atoms with van der Waals surface area (Å²) in [5.41, 5.74) is 21.5. The highest BCUT2D eigenvalue weighted by atomic mass is 15.0. The first-order valence-corrected chi connectivity index (χ1v) is 31.1. The molecule has 0 aliphatic heterocycles. The minimum Gasteiger partial charge on any atom is -0.309 e. The van der Waals surface area contributed by atoms with Crippen molar-refractivity contribution in [2.45, 2.75) is 0 Å². The van der Waals surface area contributed by atoms with E-state index in [2.05, 4.69) is 314 Å². The van der Waals surface area contributed by atoms with Crippen LogP contribution in [0.15, 0.2) is 309 Å².